The lowest BCUT2D eigenvalue weighted by atomic mass is 10.0. The van der Waals surface area contributed by atoms with Crippen molar-refractivity contribution < 1.29 is 4.79 Å². The van der Waals surface area contributed by atoms with Gasteiger partial charge in [-0.3, -0.25) is 10.1 Å². The van der Waals surface area contributed by atoms with Crippen LogP contribution in [0.1, 0.15) is 27.7 Å². The normalized spacial score (nSPS) is 24.7. The van der Waals surface area contributed by atoms with E-state index in [0.717, 1.165) is 0 Å². The molecule has 3 heteroatoms. The van der Waals surface area contributed by atoms with Gasteiger partial charge in [0.05, 0.1) is 12.7 Å². The van der Waals surface area contributed by atoms with Gasteiger partial charge in [-0.25, -0.2) is 0 Å². The van der Waals surface area contributed by atoms with E-state index in [1.807, 2.05) is 18.7 Å². The second kappa shape index (κ2) is 3.44. The van der Waals surface area contributed by atoms with Crippen LogP contribution in [0.15, 0.2) is 0 Å². The standard InChI is InChI=1S/C9H18N2O/c1-6(2)8-9(12)11(5-10-8)7(3)4/h6-8,10H,5H2,1-4H3. The molecule has 1 rings (SSSR count). The van der Waals surface area contributed by atoms with E-state index in [2.05, 4.69) is 19.2 Å². The number of carbonyl (C=O) groups excluding carboxylic acids is 1. The highest BCUT2D eigenvalue weighted by atomic mass is 16.2. The van der Waals surface area contributed by atoms with Crippen molar-refractivity contribution in [3.05, 3.63) is 0 Å². The third-order valence-corrected chi connectivity index (χ3v) is 2.32. The van der Waals surface area contributed by atoms with Gasteiger partial charge >= 0.3 is 0 Å². The van der Waals surface area contributed by atoms with Crippen LogP contribution in [-0.4, -0.2) is 29.6 Å². The quantitative estimate of drug-likeness (QED) is 0.665. The minimum Gasteiger partial charge on any atom is -0.326 e. The van der Waals surface area contributed by atoms with Crippen molar-refractivity contribution in [1.29, 1.82) is 0 Å². The van der Waals surface area contributed by atoms with Crippen molar-refractivity contribution in [2.45, 2.75) is 39.8 Å². The number of carbonyl (C=O) groups is 1. The van der Waals surface area contributed by atoms with Crippen molar-refractivity contribution in [3.63, 3.8) is 0 Å². The Balaban J connectivity index is 2.61. The van der Waals surface area contributed by atoms with Gasteiger partial charge in [-0.1, -0.05) is 13.8 Å². The molecule has 0 aromatic carbocycles. The topological polar surface area (TPSA) is 32.3 Å². The number of nitrogens with zero attached hydrogens (tertiary/aromatic N) is 1. The third kappa shape index (κ3) is 1.61. The molecular formula is C9H18N2O. The van der Waals surface area contributed by atoms with Gasteiger partial charge in [-0.2, -0.15) is 0 Å². The zero-order valence-electron chi connectivity index (χ0n) is 8.29. The fourth-order valence-electron chi connectivity index (χ4n) is 1.50. The summed E-state index contributed by atoms with van der Waals surface area (Å²) in [5, 5.41) is 3.21. The minimum atomic E-state index is 0.0346. The zero-order chi connectivity index (χ0) is 9.30. The Kier molecular flexibility index (Phi) is 2.73. The highest BCUT2D eigenvalue weighted by Crippen LogP contribution is 2.13. The first-order valence-electron chi connectivity index (χ1n) is 4.58. The number of rotatable bonds is 2. The molecule has 1 unspecified atom stereocenters. The fraction of sp³-hybridized carbons (Fsp3) is 0.889. The molecule has 0 radical (unpaired) electrons. The van der Waals surface area contributed by atoms with E-state index in [-0.39, 0.29) is 11.9 Å². The Morgan fingerprint density at radius 2 is 2.00 bits per heavy atom. The van der Waals surface area contributed by atoms with Crippen LogP contribution < -0.4 is 5.32 Å². The van der Waals surface area contributed by atoms with Gasteiger partial charge in [0.25, 0.3) is 0 Å². The van der Waals surface area contributed by atoms with Crippen molar-refractivity contribution in [3.8, 4) is 0 Å². The average molecular weight is 170 g/mol. The van der Waals surface area contributed by atoms with E-state index in [9.17, 15) is 4.79 Å². The molecule has 12 heavy (non-hydrogen) atoms. The molecule has 0 bridgehead atoms. The predicted molar refractivity (Wildman–Crippen MR) is 48.6 cm³/mol. The van der Waals surface area contributed by atoms with Crippen molar-refractivity contribution in [2.75, 3.05) is 6.67 Å². The Hall–Kier alpha value is -0.570. The van der Waals surface area contributed by atoms with Crippen LogP contribution in [0.4, 0.5) is 0 Å². The molecule has 0 aromatic heterocycles. The first-order valence-corrected chi connectivity index (χ1v) is 4.58. The molecule has 1 aliphatic rings. The second-order valence-corrected chi connectivity index (χ2v) is 3.99. The van der Waals surface area contributed by atoms with Crippen molar-refractivity contribution in [2.24, 2.45) is 5.92 Å². The summed E-state index contributed by atoms with van der Waals surface area (Å²) in [4.78, 5) is 13.5. The molecule has 0 aliphatic carbocycles. The predicted octanol–water partition coefficient (Wildman–Crippen LogP) is 0.809. The van der Waals surface area contributed by atoms with Crippen LogP contribution in [0.2, 0.25) is 0 Å². The largest absolute Gasteiger partial charge is 0.326 e. The summed E-state index contributed by atoms with van der Waals surface area (Å²) < 4.78 is 0. The van der Waals surface area contributed by atoms with E-state index < -0.39 is 0 Å². The second-order valence-electron chi connectivity index (χ2n) is 3.99. The molecule has 1 atom stereocenters. The lowest BCUT2D eigenvalue weighted by molar-refractivity contribution is -0.131. The van der Waals surface area contributed by atoms with Crippen LogP contribution in [-0.2, 0) is 4.79 Å². The Morgan fingerprint density at radius 3 is 2.25 bits per heavy atom. The average Bonchev–Trinajstić information content (AvgIpc) is 2.30. The molecule has 0 aromatic rings. The van der Waals surface area contributed by atoms with E-state index in [1.54, 1.807) is 0 Å². The molecule has 1 N–H and O–H groups in total. The first-order chi connectivity index (χ1) is 5.54. The van der Waals surface area contributed by atoms with Crippen molar-refractivity contribution >= 4 is 5.91 Å². The molecule has 1 heterocycles. The van der Waals surface area contributed by atoms with Crippen LogP contribution in [0.5, 0.6) is 0 Å². The number of hydrogen-bond donors (Lipinski definition) is 1. The summed E-state index contributed by atoms with van der Waals surface area (Å²) in [6.45, 7) is 8.93. The van der Waals surface area contributed by atoms with E-state index in [1.165, 1.54) is 0 Å². The number of nitrogens with one attached hydrogen (secondary N) is 1. The Labute approximate surface area is 74.1 Å². The van der Waals surface area contributed by atoms with Gasteiger partial charge in [0, 0.05) is 6.04 Å². The maximum absolute atomic E-state index is 11.7. The van der Waals surface area contributed by atoms with E-state index in [4.69, 9.17) is 0 Å². The van der Waals surface area contributed by atoms with Crippen molar-refractivity contribution in [1.82, 2.24) is 10.2 Å². The monoisotopic (exact) mass is 170 g/mol. The SMILES string of the molecule is CC(C)C1NCN(C(C)C)C1=O. The minimum absolute atomic E-state index is 0.0346. The molecule has 1 saturated heterocycles. The van der Waals surface area contributed by atoms with Gasteiger partial charge in [0.1, 0.15) is 0 Å². The molecular weight excluding hydrogens is 152 g/mol. The number of amides is 1. The van der Waals surface area contributed by atoms with Crippen LogP contribution in [0, 0.1) is 5.92 Å². The van der Waals surface area contributed by atoms with Gasteiger partial charge in [-0.15, -0.1) is 0 Å². The molecule has 1 aliphatic heterocycles. The smallest absolute Gasteiger partial charge is 0.241 e. The van der Waals surface area contributed by atoms with Gasteiger partial charge < -0.3 is 4.90 Å². The molecule has 1 amide bonds. The van der Waals surface area contributed by atoms with Gasteiger partial charge in [0.2, 0.25) is 5.91 Å². The highest BCUT2D eigenvalue weighted by Gasteiger charge is 2.33. The van der Waals surface area contributed by atoms with E-state index in [0.29, 0.717) is 18.6 Å². The van der Waals surface area contributed by atoms with Gasteiger partial charge in [0.15, 0.2) is 0 Å². The van der Waals surface area contributed by atoms with Crippen LogP contribution in [0.3, 0.4) is 0 Å². The fourth-order valence-corrected chi connectivity index (χ4v) is 1.50. The summed E-state index contributed by atoms with van der Waals surface area (Å²) >= 11 is 0. The van der Waals surface area contributed by atoms with Crippen LogP contribution >= 0.6 is 0 Å². The molecule has 1 fully saturated rings. The Morgan fingerprint density at radius 1 is 1.42 bits per heavy atom. The maximum Gasteiger partial charge on any atom is 0.241 e. The molecule has 0 saturated carbocycles. The Bertz CT molecular complexity index is 159. The molecule has 0 spiro atoms. The lowest BCUT2D eigenvalue weighted by Gasteiger charge is -2.20. The summed E-state index contributed by atoms with van der Waals surface area (Å²) in [5.74, 6) is 0.640. The summed E-state index contributed by atoms with van der Waals surface area (Å²) in [7, 11) is 0. The summed E-state index contributed by atoms with van der Waals surface area (Å²) in [5.41, 5.74) is 0. The van der Waals surface area contributed by atoms with Crippen LogP contribution in [0.25, 0.3) is 0 Å². The number of hydrogen-bond acceptors (Lipinski definition) is 2. The molecule has 70 valence electrons. The summed E-state index contributed by atoms with van der Waals surface area (Å²) in [6, 6.07) is 0.348. The lowest BCUT2D eigenvalue weighted by Crippen LogP contribution is -2.37. The third-order valence-electron chi connectivity index (χ3n) is 2.32. The maximum atomic E-state index is 11.7. The zero-order valence-corrected chi connectivity index (χ0v) is 8.29. The van der Waals surface area contributed by atoms with Gasteiger partial charge in [-0.05, 0) is 19.8 Å². The first kappa shape index (κ1) is 9.52. The van der Waals surface area contributed by atoms with E-state index >= 15 is 0 Å². The summed E-state index contributed by atoms with van der Waals surface area (Å²) in [6.07, 6.45) is 0. The highest BCUT2D eigenvalue weighted by molar-refractivity contribution is 5.84. The molecule has 3 nitrogen and oxygen atoms in total.